The zero-order valence-electron chi connectivity index (χ0n) is 13.7. The first kappa shape index (κ1) is 15.5. The Morgan fingerprint density at radius 2 is 1.44 bits per heavy atom. The lowest BCUT2D eigenvalue weighted by Crippen LogP contribution is -2.46. The molecule has 0 saturated carbocycles. The SMILES string of the molecule is Fc1ccc(-c2cncc(N3CCN(c4ccncc4)CC3)n2)cc1. The molecular formula is C19H18FN5. The molecule has 1 aliphatic rings. The molecule has 0 amide bonds. The van der Waals surface area contributed by atoms with Crippen LogP contribution in [0.2, 0.25) is 0 Å². The molecule has 0 radical (unpaired) electrons. The molecule has 3 heterocycles. The van der Waals surface area contributed by atoms with Crippen LogP contribution in [0.1, 0.15) is 0 Å². The van der Waals surface area contributed by atoms with E-state index in [-0.39, 0.29) is 5.82 Å². The van der Waals surface area contributed by atoms with Crippen LogP contribution in [0.5, 0.6) is 0 Å². The number of hydrogen-bond acceptors (Lipinski definition) is 5. The summed E-state index contributed by atoms with van der Waals surface area (Å²) in [6.07, 6.45) is 7.14. The van der Waals surface area contributed by atoms with Crippen molar-refractivity contribution in [3.8, 4) is 11.3 Å². The number of benzene rings is 1. The predicted octanol–water partition coefficient (Wildman–Crippen LogP) is 3.00. The second-order valence-corrected chi connectivity index (χ2v) is 5.95. The highest BCUT2D eigenvalue weighted by atomic mass is 19.1. The van der Waals surface area contributed by atoms with Crippen LogP contribution < -0.4 is 9.80 Å². The van der Waals surface area contributed by atoms with E-state index < -0.39 is 0 Å². The number of aromatic nitrogens is 3. The van der Waals surface area contributed by atoms with Crippen LogP contribution in [0.25, 0.3) is 11.3 Å². The fraction of sp³-hybridized carbons (Fsp3) is 0.211. The molecule has 0 spiro atoms. The highest BCUT2D eigenvalue weighted by molar-refractivity contribution is 5.60. The topological polar surface area (TPSA) is 45.2 Å². The molecule has 126 valence electrons. The number of nitrogens with zero attached hydrogens (tertiary/aromatic N) is 5. The van der Waals surface area contributed by atoms with E-state index in [4.69, 9.17) is 4.98 Å². The van der Waals surface area contributed by atoms with Gasteiger partial charge < -0.3 is 9.80 Å². The van der Waals surface area contributed by atoms with Crippen molar-refractivity contribution < 1.29 is 4.39 Å². The van der Waals surface area contributed by atoms with Crippen LogP contribution in [-0.2, 0) is 0 Å². The summed E-state index contributed by atoms with van der Waals surface area (Å²) in [7, 11) is 0. The molecule has 2 aromatic heterocycles. The van der Waals surface area contributed by atoms with Crippen molar-refractivity contribution in [3.05, 3.63) is 67.0 Å². The smallest absolute Gasteiger partial charge is 0.147 e. The normalized spacial score (nSPS) is 14.6. The van der Waals surface area contributed by atoms with Crippen molar-refractivity contribution in [2.75, 3.05) is 36.0 Å². The average molecular weight is 335 g/mol. The zero-order chi connectivity index (χ0) is 17.1. The van der Waals surface area contributed by atoms with Crippen LogP contribution in [0.4, 0.5) is 15.9 Å². The van der Waals surface area contributed by atoms with Crippen molar-refractivity contribution in [1.82, 2.24) is 15.0 Å². The number of piperazine rings is 1. The summed E-state index contributed by atoms with van der Waals surface area (Å²) < 4.78 is 13.1. The highest BCUT2D eigenvalue weighted by Gasteiger charge is 2.19. The summed E-state index contributed by atoms with van der Waals surface area (Å²) in [6.45, 7) is 3.60. The first-order valence-electron chi connectivity index (χ1n) is 8.27. The number of anilines is 2. The van der Waals surface area contributed by atoms with Gasteiger partial charge in [0, 0.05) is 49.8 Å². The Kier molecular flexibility index (Phi) is 4.24. The first-order valence-corrected chi connectivity index (χ1v) is 8.27. The quantitative estimate of drug-likeness (QED) is 0.736. The van der Waals surface area contributed by atoms with Gasteiger partial charge in [0.25, 0.3) is 0 Å². The Morgan fingerprint density at radius 3 is 2.16 bits per heavy atom. The van der Waals surface area contributed by atoms with Crippen molar-refractivity contribution in [2.24, 2.45) is 0 Å². The van der Waals surface area contributed by atoms with Crippen LogP contribution >= 0.6 is 0 Å². The van der Waals surface area contributed by atoms with Crippen LogP contribution in [-0.4, -0.2) is 41.1 Å². The van der Waals surface area contributed by atoms with Crippen LogP contribution in [0.15, 0.2) is 61.2 Å². The van der Waals surface area contributed by atoms with Gasteiger partial charge in [-0.25, -0.2) is 9.37 Å². The Labute approximate surface area is 145 Å². The first-order chi connectivity index (χ1) is 12.3. The van der Waals surface area contributed by atoms with Gasteiger partial charge in [-0.05, 0) is 36.4 Å². The Morgan fingerprint density at radius 1 is 0.760 bits per heavy atom. The molecule has 3 aromatic rings. The van der Waals surface area contributed by atoms with E-state index in [2.05, 4.69) is 19.8 Å². The molecule has 0 N–H and O–H groups in total. The largest absolute Gasteiger partial charge is 0.368 e. The van der Waals surface area contributed by atoms with E-state index in [0.717, 1.165) is 43.3 Å². The van der Waals surface area contributed by atoms with E-state index in [1.54, 1.807) is 24.5 Å². The maximum Gasteiger partial charge on any atom is 0.147 e. The maximum atomic E-state index is 13.1. The van der Waals surface area contributed by atoms with Crippen molar-refractivity contribution in [1.29, 1.82) is 0 Å². The summed E-state index contributed by atoms with van der Waals surface area (Å²) in [5.41, 5.74) is 2.82. The van der Waals surface area contributed by atoms with Gasteiger partial charge >= 0.3 is 0 Å². The molecule has 4 rings (SSSR count). The summed E-state index contributed by atoms with van der Waals surface area (Å²) in [4.78, 5) is 17.7. The van der Waals surface area contributed by atoms with E-state index in [1.807, 2.05) is 24.5 Å². The Balaban J connectivity index is 1.48. The zero-order valence-corrected chi connectivity index (χ0v) is 13.7. The number of hydrogen-bond donors (Lipinski definition) is 0. The number of halogens is 1. The lowest BCUT2D eigenvalue weighted by molar-refractivity contribution is 0.628. The van der Waals surface area contributed by atoms with Gasteiger partial charge in [-0.15, -0.1) is 0 Å². The van der Waals surface area contributed by atoms with Gasteiger partial charge in [0.2, 0.25) is 0 Å². The van der Waals surface area contributed by atoms with Gasteiger partial charge in [-0.3, -0.25) is 9.97 Å². The predicted molar refractivity (Wildman–Crippen MR) is 96.1 cm³/mol. The minimum Gasteiger partial charge on any atom is -0.368 e. The van der Waals surface area contributed by atoms with Gasteiger partial charge in [0.15, 0.2) is 0 Å². The summed E-state index contributed by atoms with van der Waals surface area (Å²) >= 11 is 0. The van der Waals surface area contributed by atoms with Crippen molar-refractivity contribution in [3.63, 3.8) is 0 Å². The molecule has 1 fully saturated rings. The standard InChI is InChI=1S/C19H18FN5/c20-16-3-1-15(2-4-16)18-13-22-14-19(23-18)25-11-9-24(10-12-25)17-5-7-21-8-6-17/h1-8,13-14H,9-12H2. The second kappa shape index (κ2) is 6.84. The van der Waals surface area contributed by atoms with Crippen molar-refractivity contribution >= 4 is 11.5 Å². The van der Waals surface area contributed by atoms with Crippen LogP contribution in [0, 0.1) is 5.82 Å². The van der Waals surface area contributed by atoms with Gasteiger partial charge in [-0.1, -0.05) is 0 Å². The molecule has 1 aliphatic heterocycles. The van der Waals surface area contributed by atoms with Gasteiger partial charge in [0.05, 0.1) is 18.1 Å². The van der Waals surface area contributed by atoms with Gasteiger partial charge in [-0.2, -0.15) is 0 Å². The summed E-state index contributed by atoms with van der Waals surface area (Å²) in [6, 6.07) is 10.4. The van der Waals surface area contributed by atoms with Gasteiger partial charge in [0.1, 0.15) is 11.6 Å². The minimum absolute atomic E-state index is 0.250. The average Bonchev–Trinajstić information content (AvgIpc) is 2.69. The molecule has 6 heteroatoms. The minimum atomic E-state index is -0.250. The highest BCUT2D eigenvalue weighted by Crippen LogP contribution is 2.22. The third-order valence-corrected chi connectivity index (χ3v) is 4.39. The molecular weight excluding hydrogens is 317 g/mol. The molecule has 25 heavy (non-hydrogen) atoms. The number of pyridine rings is 1. The molecule has 5 nitrogen and oxygen atoms in total. The second-order valence-electron chi connectivity index (χ2n) is 5.95. The number of rotatable bonds is 3. The monoisotopic (exact) mass is 335 g/mol. The molecule has 0 unspecified atom stereocenters. The third-order valence-electron chi connectivity index (χ3n) is 4.39. The molecule has 0 bridgehead atoms. The van der Waals surface area contributed by atoms with E-state index in [9.17, 15) is 4.39 Å². The summed E-state index contributed by atoms with van der Waals surface area (Å²) in [5.74, 6) is 0.608. The fourth-order valence-corrected chi connectivity index (χ4v) is 3.02. The third kappa shape index (κ3) is 3.42. The maximum absolute atomic E-state index is 13.1. The lowest BCUT2D eigenvalue weighted by atomic mass is 10.1. The van der Waals surface area contributed by atoms with E-state index in [0.29, 0.717) is 0 Å². The molecule has 1 saturated heterocycles. The van der Waals surface area contributed by atoms with E-state index in [1.165, 1.54) is 17.8 Å². The van der Waals surface area contributed by atoms with E-state index >= 15 is 0 Å². The fourth-order valence-electron chi connectivity index (χ4n) is 3.02. The summed E-state index contributed by atoms with van der Waals surface area (Å²) in [5, 5.41) is 0. The molecule has 0 aliphatic carbocycles. The molecule has 0 atom stereocenters. The van der Waals surface area contributed by atoms with Crippen LogP contribution in [0.3, 0.4) is 0 Å². The van der Waals surface area contributed by atoms with Crippen molar-refractivity contribution in [2.45, 2.75) is 0 Å². The lowest BCUT2D eigenvalue weighted by Gasteiger charge is -2.36. The molecule has 1 aromatic carbocycles. The Hall–Kier alpha value is -3.02. The Bertz CT molecular complexity index is 830.